The molecule has 0 saturated carbocycles. The van der Waals surface area contributed by atoms with E-state index >= 15 is 0 Å². The van der Waals surface area contributed by atoms with Gasteiger partial charge in [-0.2, -0.15) is 0 Å². The Bertz CT molecular complexity index is 13.0. The van der Waals surface area contributed by atoms with Crippen LogP contribution in [0.1, 0.15) is 0 Å². The van der Waals surface area contributed by atoms with Crippen molar-refractivity contribution >= 4 is 0 Å². The summed E-state index contributed by atoms with van der Waals surface area (Å²) in [5.41, 5.74) is 0. The van der Waals surface area contributed by atoms with E-state index < -0.39 is 0 Å². The van der Waals surface area contributed by atoms with E-state index in [-0.39, 0.29) is 90.2 Å². The van der Waals surface area contributed by atoms with Crippen molar-refractivity contribution in [2.45, 2.75) is 0 Å². The van der Waals surface area contributed by atoms with E-state index in [4.69, 9.17) is 0 Å². The molecule has 0 atom stereocenters. The van der Waals surface area contributed by atoms with Crippen LogP contribution in [0, 0.1) is 0 Å². The molecule has 10 heavy (non-hydrogen) atoms. The maximum absolute atomic E-state index is 0. The molecule has 0 aromatic rings. The van der Waals surface area contributed by atoms with E-state index in [2.05, 4.69) is 0 Å². The zero-order valence-electron chi connectivity index (χ0n) is 4.47. The van der Waals surface area contributed by atoms with Gasteiger partial charge in [0.25, 0.3) is 0 Å². The van der Waals surface area contributed by atoms with Gasteiger partial charge < -0.3 is 70.1 Å². The van der Waals surface area contributed by atoms with Crippen LogP contribution < -0.4 is 37.2 Å². The van der Waals surface area contributed by atoms with E-state index in [1.807, 2.05) is 0 Å². The molecule has 0 aliphatic carbocycles. The van der Waals surface area contributed by atoms with Crippen LogP contribution >= 0.6 is 0 Å². The molecule has 0 spiro atoms. The fourth-order valence-corrected chi connectivity index (χ4v) is 0. The van der Waals surface area contributed by atoms with Crippen LogP contribution in [-0.4, -0.2) is 32.9 Å². The molecule has 12 N–H and O–H groups in total. The molecular formula is H12Cl3IrO6. The zero-order chi connectivity index (χ0) is 0. The Hall–Kier alpha value is 1.28. The van der Waals surface area contributed by atoms with Gasteiger partial charge in [-0.25, -0.2) is 0 Å². The third-order valence-electron chi connectivity index (χ3n) is 0. The fraction of sp³-hybridized carbons (Fsp3) is 0. The van der Waals surface area contributed by atoms with Crippen molar-refractivity contribution in [3.05, 3.63) is 0 Å². The summed E-state index contributed by atoms with van der Waals surface area (Å²) in [7, 11) is 0. The minimum absolute atomic E-state index is 0. The third kappa shape index (κ3) is 389. The Kier molecular flexibility index (Phi) is 39400. The van der Waals surface area contributed by atoms with E-state index in [1.165, 1.54) is 0 Å². The van der Waals surface area contributed by atoms with Crippen molar-refractivity contribution in [2.24, 2.45) is 0 Å². The van der Waals surface area contributed by atoms with E-state index in [0.29, 0.717) is 0 Å². The molecule has 0 heterocycles. The van der Waals surface area contributed by atoms with Crippen molar-refractivity contribution in [1.82, 2.24) is 0 Å². The van der Waals surface area contributed by atoms with Crippen LogP contribution in [0.15, 0.2) is 0 Å². The normalized spacial score (nSPS) is 0. The molecule has 0 rings (SSSR count). The summed E-state index contributed by atoms with van der Waals surface area (Å²) in [6.07, 6.45) is 0. The Morgan fingerprint density at radius 2 is 0.300 bits per heavy atom. The first kappa shape index (κ1) is 728. The third-order valence-corrected chi connectivity index (χ3v) is 0. The van der Waals surface area contributed by atoms with Gasteiger partial charge in [0, 0.05) is 0 Å². The first-order valence-corrected chi connectivity index (χ1v) is 0. The minimum Gasteiger partial charge on any atom is -1.00 e. The molecule has 6 nitrogen and oxygen atoms in total. The van der Waals surface area contributed by atoms with E-state index in [1.54, 1.807) is 0 Å². The van der Waals surface area contributed by atoms with Gasteiger partial charge in [-0.15, -0.1) is 0 Å². The van der Waals surface area contributed by atoms with Crippen LogP contribution in [0.4, 0.5) is 0 Å². The van der Waals surface area contributed by atoms with E-state index in [9.17, 15) is 0 Å². The van der Waals surface area contributed by atoms with Crippen molar-refractivity contribution in [3.63, 3.8) is 0 Å². The molecule has 0 aliphatic rings. The van der Waals surface area contributed by atoms with Crippen LogP contribution in [0.3, 0.4) is 0 Å². The molecule has 0 saturated heterocycles. The summed E-state index contributed by atoms with van der Waals surface area (Å²) in [5, 5.41) is 0. The van der Waals surface area contributed by atoms with Crippen LogP contribution in [-0.2, 0) is 20.1 Å². The molecule has 78 valence electrons. The SMILES string of the molecule is O.O.O.O.O.O.[Cl-].[Cl-].[Cl-].[Ir+3]. The summed E-state index contributed by atoms with van der Waals surface area (Å²) < 4.78 is 0. The maximum Gasteiger partial charge on any atom is 3.00 e. The average molecular weight is 407 g/mol. The smallest absolute Gasteiger partial charge is 1.00 e. The van der Waals surface area contributed by atoms with Gasteiger partial charge in [0.15, 0.2) is 0 Å². The van der Waals surface area contributed by atoms with Gasteiger partial charge in [0.2, 0.25) is 0 Å². The predicted octanol–water partition coefficient (Wildman–Crippen LogP) is -13.9. The average Bonchev–Trinajstić information content (AvgIpc) is 0. The maximum atomic E-state index is 0. The van der Waals surface area contributed by atoms with Gasteiger partial charge in [0.05, 0.1) is 0 Å². The summed E-state index contributed by atoms with van der Waals surface area (Å²) in [5.74, 6) is 0. The van der Waals surface area contributed by atoms with Crippen LogP contribution in [0.2, 0.25) is 0 Å². The molecule has 0 aromatic heterocycles. The molecule has 0 bridgehead atoms. The molecule has 0 aromatic carbocycles. The Labute approximate surface area is 90.2 Å². The monoisotopic (exact) mass is 406 g/mol. The standard InChI is InChI=1S/3ClH.Ir.6H2O/h3*1H;;6*1H2/q;;;+3;;;;;;/p-3. The first-order valence-electron chi connectivity index (χ1n) is 0. The number of halogens is 3. The zero-order valence-corrected chi connectivity index (χ0v) is 9.13. The number of hydrogen-bond donors (Lipinski definition) is 0. The topological polar surface area (TPSA) is 189 Å². The first-order chi connectivity index (χ1) is 0. The molecular weight excluding hydrogens is 395 g/mol. The second kappa shape index (κ2) is 541. The largest absolute Gasteiger partial charge is 3.00 e. The Morgan fingerprint density at radius 1 is 0.300 bits per heavy atom. The van der Waals surface area contributed by atoms with Gasteiger partial charge in [0.1, 0.15) is 0 Å². The summed E-state index contributed by atoms with van der Waals surface area (Å²) in [4.78, 5) is 0. The summed E-state index contributed by atoms with van der Waals surface area (Å²) in [6.45, 7) is 0. The van der Waals surface area contributed by atoms with Crippen molar-refractivity contribution in [1.29, 1.82) is 0 Å². The summed E-state index contributed by atoms with van der Waals surface area (Å²) >= 11 is 0. The second-order valence-corrected chi connectivity index (χ2v) is 0. The van der Waals surface area contributed by atoms with Crippen LogP contribution in [0.25, 0.3) is 0 Å². The molecule has 0 radical (unpaired) electrons. The fourth-order valence-electron chi connectivity index (χ4n) is 0. The molecule has 0 fully saturated rings. The van der Waals surface area contributed by atoms with E-state index in [0.717, 1.165) is 0 Å². The summed E-state index contributed by atoms with van der Waals surface area (Å²) in [6, 6.07) is 0. The van der Waals surface area contributed by atoms with Crippen LogP contribution in [0.5, 0.6) is 0 Å². The van der Waals surface area contributed by atoms with Gasteiger partial charge in [-0.1, -0.05) is 0 Å². The Morgan fingerprint density at radius 3 is 0.300 bits per heavy atom. The molecule has 0 amide bonds. The predicted molar refractivity (Wildman–Crippen MR) is 21.7 cm³/mol. The van der Waals surface area contributed by atoms with Gasteiger partial charge >= 0.3 is 20.1 Å². The quantitative estimate of drug-likeness (QED) is 0.369. The molecule has 10 heteroatoms. The van der Waals surface area contributed by atoms with Gasteiger partial charge in [-0.3, -0.25) is 0 Å². The second-order valence-electron chi connectivity index (χ2n) is 0. The van der Waals surface area contributed by atoms with Crippen molar-refractivity contribution in [3.8, 4) is 0 Å². The molecule has 0 aliphatic heterocycles. The minimum atomic E-state index is 0. The Balaban J connectivity index is 0. The van der Waals surface area contributed by atoms with Crippen molar-refractivity contribution in [2.75, 3.05) is 0 Å². The van der Waals surface area contributed by atoms with Crippen molar-refractivity contribution < 1.29 is 90.2 Å². The number of rotatable bonds is 0. The molecule has 0 unspecified atom stereocenters. The number of hydrogen-bond acceptors (Lipinski definition) is 0. The van der Waals surface area contributed by atoms with Gasteiger partial charge in [-0.05, 0) is 0 Å².